The summed E-state index contributed by atoms with van der Waals surface area (Å²) >= 11 is 0. The van der Waals surface area contributed by atoms with Gasteiger partial charge in [-0.1, -0.05) is 32.4 Å². The second kappa shape index (κ2) is 8.59. The number of rotatable bonds is 5. The molecule has 0 radical (unpaired) electrons. The Hall–Kier alpha value is -2.30. The van der Waals surface area contributed by atoms with Gasteiger partial charge in [-0.3, -0.25) is 4.79 Å². The van der Waals surface area contributed by atoms with Gasteiger partial charge in [0.25, 0.3) is 0 Å². The quantitative estimate of drug-likeness (QED) is 0.765. The Morgan fingerprint density at radius 1 is 1.33 bits per heavy atom. The average Bonchev–Trinajstić information content (AvgIpc) is 2.68. The zero-order chi connectivity index (χ0) is 19.4. The molecular weight excluding hydrogens is 341 g/mol. The Labute approximate surface area is 160 Å². The summed E-state index contributed by atoms with van der Waals surface area (Å²) in [4.78, 5) is 23.7. The highest BCUT2D eigenvalue weighted by molar-refractivity contribution is 5.76. The van der Waals surface area contributed by atoms with Crippen molar-refractivity contribution < 1.29 is 9.18 Å². The predicted molar refractivity (Wildman–Crippen MR) is 105 cm³/mol. The fourth-order valence-electron chi connectivity index (χ4n) is 3.65. The van der Waals surface area contributed by atoms with Crippen LogP contribution in [0.15, 0.2) is 30.5 Å². The SMILES string of the molecule is CC[C@@H](C)CC(=O)N1CCC[C@H](c2nc(C)ncc2-c2ccc(F)cc2)C1. The lowest BCUT2D eigenvalue weighted by molar-refractivity contribution is -0.133. The lowest BCUT2D eigenvalue weighted by Gasteiger charge is -2.34. The number of carbonyl (C=O) groups excluding carboxylic acids is 1. The summed E-state index contributed by atoms with van der Waals surface area (Å²) in [6.07, 6.45) is 5.42. The van der Waals surface area contributed by atoms with Crippen molar-refractivity contribution in [1.29, 1.82) is 0 Å². The molecule has 0 bridgehead atoms. The Morgan fingerprint density at radius 3 is 2.78 bits per heavy atom. The number of aromatic nitrogens is 2. The molecule has 1 aliphatic heterocycles. The van der Waals surface area contributed by atoms with Gasteiger partial charge in [0.1, 0.15) is 11.6 Å². The lowest BCUT2D eigenvalue weighted by atomic mass is 9.89. The van der Waals surface area contributed by atoms with Crippen molar-refractivity contribution in [3.8, 4) is 11.1 Å². The van der Waals surface area contributed by atoms with E-state index in [-0.39, 0.29) is 17.6 Å². The summed E-state index contributed by atoms with van der Waals surface area (Å²) < 4.78 is 13.3. The van der Waals surface area contributed by atoms with E-state index in [1.54, 1.807) is 12.1 Å². The summed E-state index contributed by atoms with van der Waals surface area (Å²) in [5.74, 6) is 1.30. The normalized spacial score (nSPS) is 18.4. The Balaban J connectivity index is 1.85. The smallest absolute Gasteiger partial charge is 0.222 e. The van der Waals surface area contributed by atoms with Gasteiger partial charge in [-0.05, 0) is 43.4 Å². The zero-order valence-electron chi connectivity index (χ0n) is 16.4. The van der Waals surface area contributed by atoms with Crippen LogP contribution < -0.4 is 0 Å². The number of hydrogen-bond donors (Lipinski definition) is 0. The van der Waals surface area contributed by atoms with Crippen LogP contribution in [0.3, 0.4) is 0 Å². The second-order valence-electron chi connectivity index (χ2n) is 7.62. The Bertz CT molecular complexity index is 791. The van der Waals surface area contributed by atoms with E-state index >= 15 is 0 Å². The molecule has 0 aliphatic carbocycles. The first-order chi connectivity index (χ1) is 13.0. The molecule has 2 atom stereocenters. The molecule has 0 N–H and O–H groups in total. The van der Waals surface area contributed by atoms with Crippen molar-refractivity contribution in [3.63, 3.8) is 0 Å². The minimum absolute atomic E-state index is 0.182. The van der Waals surface area contributed by atoms with Gasteiger partial charge in [0.05, 0.1) is 5.69 Å². The van der Waals surface area contributed by atoms with E-state index in [1.807, 2.05) is 18.0 Å². The second-order valence-corrected chi connectivity index (χ2v) is 7.62. The van der Waals surface area contributed by atoms with Crippen LogP contribution in [0.4, 0.5) is 4.39 Å². The van der Waals surface area contributed by atoms with Crippen molar-refractivity contribution in [2.24, 2.45) is 5.92 Å². The number of amides is 1. The summed E-state index contributed by atoms with van der Waals surface area (Å²) in [5, 5.41) is 0. The number of halogens is 1. The van der Waals surface area contributed by atoms with Gasteiger partial charge in [0.2, 0.25) is 5.91 Å². The highest BCUT2D eigenvalue weighted by atomic mass is 19.1. The van der Waals surface area contributed by atoms with Gasteiger partial charge < -0.3 is 4.90 Å². The van der Waals surface area contributed by atoms with Crippen LogP contribution >= 0.6 is 0 Å². The van der Waals surface area contributed by atoms with Crippen LogP contribution in [0.25, 0.3) is 11.1 Å². The van der Waals surface area contributed by atoms with Gasteiger partial charge in [0.15, 0.2) is 0 Å². The molecule has 1 aromatic carbocycles. The lowest BCUT2D eigenvalue weighted by Crippen LogP contribution is -2.40. The number of likely N-dealkylation sites (tertiary alicyclic amines) is 1. The first kappa shape index (κ1) is 19.5. The average molecular weight is 369 g/mol. The Kier molecular flexibility index (Phi) is 6.19. The minimum atomic E-state index is -0.257. The van der Waals surface area contributed by atoms with Gasteiger partial charge in [0, 0.05) is 37.2 Å². The minimum Gasteiger partial charge on any atom is -0.342 e. The number of piperidine rings is 1. The van der Waals surface area contributed by atoms with E-state index in [9.17, 15) is 9.18 Å². The number of aryl methyl sites for hydroxylation is 1. The highest BCUT2D eigenvalue weighted by Gasteiger charge is 2.28. The predicted octanol–water partition coefficient (Wildman–Crippen LogP) is 4.73. The van der Waals surface area contributed by atoms with Gasteiger partial charge in [-0.15, -0.1) is 0 Å². The molecule has 5 heteroatoms. The molecule has 1 saturated heterocycles. The third kappa shape index (κ3) is 4.71. The molecule has 3 rings (SSSR count). The van der Waals surface area contributed by atoms with Gasteiger partial charge >= 0.3 is 0 Å². The fraction of sp³-hybridized carbons (Fsp3) is 0.500. The molecule has 144 valence electrons. The van der Waals surface area contributed by atoms with E-state index in [0.717, 1.165) is 48.5 Å². The molecule has 0 spiro atoms. The van der Waals surface area contributed by atoms with Crippen LogP contribution in [0, 0.1) is 18.7 Å². The highest BCUT2D eigenvalue weighted by Crippen LogP contribution is 2.33. The van der Waals surface area contributed by atoms with Gasteiger partial charge in [-0.2, -0.15) is 0 Å². The van der Waals surface area contributed by atoms with E-state index in [1.165, 1.54) is 12.1 Å². The van der Waals surface area contributed by atoms with Crippen LogP contribution in [-0.4, -0.2) is 33.9 Å². The van der Waals surface area contributed by atoms with Crippen molar-refractivity contribution in [3.05, 3.63) is 47.8 Å². The molecule has 0 saturated carbocycles. The standard InChI is InChI=1S/C22H28FN3O/c1-4-15(2)12-21(27)26-11-5-6-18(14-26)22-20(13-24-16(3)25-22)17-7-9-19(23)10-8-17/h7-10,13,15,18H,4-6,11-12,14H2,1-3H3/t15-,18+/m1/s1. The van der Waals surface area contributed by atoms with E-state index < -0.39 is 0 Å². The number of hydrogen-bond acceptors (Lipinski definition) is 3. The summed E-state index contributed by atoms with van der Waals surface area (Å²) in [6, 6.07) is 6.45. The van der Waals surface area contributed by atoms with Crippen LogP contribution in [-0.2, 0) is 4.79 Å². The molecular formula is C22H28FN3O. The molecule has 1 amide bonds. The maximum atomic E-state index is 13.3. The third-order valence-corrected chi connectivity index (χ3v) is 5.47. The summed E-state index contributed by atoms with van der Waals surface area (Å²) in [6.45, 7) is 7.64. The van der Waals surface area contributed by atoms with Crippen molar-refractivity contribution in [2.75, 3.05) is 13.1 Å². The molecule has 1 aromatic heterocycles. The molecule has 27 heavy (non-hydrogen) atoms. The topological polar surface area (TPSA) is 46.1 Å². The van der Waals surface area contributed by atoms with Crippen LogP contribution in [0.1, 0.15) is 57.0 Å². The van der Waals surface area contributed by atoms with Crippen molar-refractivity contribution >= 4 is 5.91 Å². The first-order valence-corrected chi connectivity index (χ1v) is 9.85. The van der Waals surface area contributed by atoms with Crippen LogP contribution in [0.2, 0.25) is 0 Å². The third-order valence-electron chi connectivity index (χ3n) is 5.47. The summed E-state index contributed by atoms with van der Waals surface area (Å²) in [7, 11) is 0. The van der Waals surface area contributed by atoms with Crippen LogP contribution in [0.5, 0.6) is 0 Å². The molecule has 2 heterocycles. The molecule has 2 aromatic rings. The maximum absolute atomic E-state index is 13.3. The molecule has 0 unspecified atom stereocenters. The Morgan fingerprint density at radius 2 is 2.07 bits per heavy atom. The first-order valence-electron chi connectivity index (χ1n) is 9.85. The van der Waals surface area contributed by atoms with E-state index in [4.69, 9.17) is 4.98 Å². The summed E-state index contributed by atoms with van der Waals surface area (Å²) in [5.41, 5.74) is 2.81. The zero-order valence-corrected chi connectivity index (χ0v) is 16.4. The van der Waals surface area contributed by atoms with Gasteiger partial charge in [-0.25, -0.2) is 14.4 Å². The number of benzene rings is 1. The van der Waals surface area contributed by atoms with Crippen molar-refractivity contribution in [1.82, 2.24) is 14.9 Å². The fourth-order valence-corrected chi connectivity index (χ4v) is 3.65. The molecule has 1 aliphatic rings. The monoisotopic (exact) mass is 369 g/mol. The number of nitrogens with zero attached hydrogens (tertiary/aromatic N) is 3. The number of carbonyl (C=O) groups is 1. The van der Waals surface area contributed by atoms with Crippen molar-refractivity contribution in [2.45, 2.75) is 52.4 Å². The largest absolute Gasteiger partial charge is 0.342 e. The van der Waals surface area contributed by atoms with E-state index in [0.29, 0.717) is 18.9 Å². The maximum Gasteiger partial charge on any atom is 0.222 e. The molecule has 1 fully saturated rings. The molecule has 4 nitrogen and oxygen atoms in total. The van der Waals surface area contributed by atoms with E-state index in [2.05, 4.69) is 18.8 Å².